The molecule has 1 rings (SSSR count). The first-order valence-corrected chi connectivity index (χ1v) is 8.26. The van der Waals surface area contributed by atoms with Gasteiger partial charge in [-0.1, -0.05) is 26.8 Å². The van der Waals surface area contributed by atoms with E-state index in [1.165, 1.54) is 24.2 Å². The fourth-order valence-corrected chi connectivity index (χ4v) is 2.49. The van der Waals surface area contributed by atoms with Crippen LogP contribution in [-0.4, -0.2) is 54.6 Å². The van der Waals surface area contributed by atoms with Crippen LogP contribution in [0.4, 0.5) is 0 Å². The molecule has 0 bridgehead atoms. The summed E-state index contributed by atoms with van der Waals surface area (Å²) in [5, 5.41) is 3.15. The molecule has 0 spiro atoms. The highest BCUT2D eigenvalue weighted by atomic mass is 15.1. The Kier molecular flexibility index (Phi) is 9.22. The number of hydrogen-bond donors (Lipinski definition) is 1. The molecule has 1 aromatic rings. The third-order valence-corrected chi connectivity index (χ3v) is 3.94. The molecule has 0 unspecified atom stereocenters. The lowest BCUT2D eigenvalue weighted by atomic mass is 10.2. The monoisotopic (exact) mass is 292 g/mol. The summed E-state index contributed by atoms with van der Waals surface area (Å²) in [5.74, 6) is 0. The van der Waals surface area contributed by atoms with E-state index in [-0.39, 0.29) is 0 Å². The molecule has 0 aliphatic heterocycles. The molecule has 21 heavy (non-hydrogen) atoms. The molecule has 0 radical (unpaired) electrons. The Bertz CT molecular complexity index is 360. The summed E-state index contributed by atoms with van der Waals surface area (Å²) in [6.45, 7) is 14.3. The molecule has 0 aliphatic rings. The van der Waals surface area contributed by atoms with Crippen molar-refractivity contribution in [3.63, 3.8) is 0 Å². The zero-order chi connectivity index (χ0) is 15.5. The number of hydrogen-bond acceptors (Lipinski definition) is 4. The average molecular weight is 292 g/mol. The van der Waals surface area contributed by atoms with E-state index in [4.69, 9.17) is 0 Å². The van der Waals surface area contributed by atoms with Gasteiger partial charge in [0.25, 0.3) is 0 Å². The molecule has 0 amide bonds. The molecule has 4 heteroatoms. The molecule has 1 aromatic heterocycles. The van der Waals surface area contributed by atoms with Crippen molar-refractivity contribution in [1.82, 2.24) is 20.1 Å². The fourth-order valence-electron chi connectivity index (χ4n) is 2.49. The SMILES string of the molecule is CCN(CC)CCCN(CC)Cc1ccc(CNC)cn1. The number of nitrogens with one attached hydrogen (secondary N) is 1. The number of pyridine rings is 1. The van der Waals surface area contributed by atoms with Gasteiger partial charge in [-0.25, -0.2) is 0 Å². The minimum absolute atomic E-state index is 0.884. The van der Waals surface area contributed by atoms with Gasteiger partial charge in [-0.2, -0.15) is 0 Å². The predicted molar refractivity (Wildman–Crippen MR) is 90.4 cm³/mol. The smallest absolute Gasteiger partial charge is 0.0544 e. The Morgan fingerprint density at radius 2 is 1.67 bits per heavy atom. The Hall–Kier alpha value is -0.970. The molecule has 0 fully saturated rings. The quantitative estimate of drug-likeness (QED) is 0.678. The van der Waals surface area contributed by atoms with Crippen molar-refractivity contribution in [2.24, 2.45) is 0 Å². The molecule has 0 aliphatic carbocycles. The third kappa shape index (κ3) is 7.02. The Balaban J connectivity index is 2.38. The number of aromatic nitrogens is 1. The summed E-state index contributed by atoms with van der Waals surface area (Å²) in [5.41, 5.74) is 2.41. The van der Waals surface area contributed by atoms with Crippen LogP contribution in [0.5, 0.6) is 0 Å². The van der Waals surface area contributed by atoms with Crippen molar-refractivity contribution in [2.45, 2.75) is 40.3 Å². The number of nitrogens with zero attached hydrogens (tertiary/aromatic N) is 3. The van der Waals surface area contributed by atoms with Crippen molar-refractivity contribution >= 4 is 0 Å². The predicted octanol–water partition coefficient (Wildman–Crippen LogP) is 2.35. The van der Waals surface area contributed by atoms with Gasteiger partial charge in [-0.15, -0.1) is 0 Å². The van der Waals surface area contributed by atoms with Crippen LogP contribution in [0.3, 0.4) is 0 Å². The Morgan fingerprint density at radius 3 is 2.19 bits per heavy atom. The summed E-state index contributed by atoms with van der Waals surface area (Å²) in [7, 11) is 1.96. The lowest BCUT2D eigenvalue weighted by Gasteiger charge is -2.23. The fraction of sp³-hybridized carbons (Fsp3) is 0.706. The van der Waals surface area contributed by atoms with Gasteiger partial charge < -0.3 is 10.2 Å². The minimum Gasteiger partial charge on any atom is -0.316 e. The second-order valence-electron chi connectivity index (χ2n) is 5.44. The van der Waals surface area contributed by atoms with Gasteiger partial charge in [0.1, 0.15) is 0 Å². The number of rotatable bonds is 11. The summed E-state index contributed by atoms with van der Waals surface area (Å²) in [4.78, 5) is 9.53. The van der Waals surface area contributed by atoms with Crippen molar-refractivity contribution in [3.8, 4) is 0 Å². The van der Waals surface area contributed by atoms with Gasteiger partial charge in [-0.3, -0.25) is 9.88 Å². The summed E-state index contributed by atoms with van der Waals surface area (Å²) < 4.78 is 0. The second kappa shape index (κ2) is 10.7. The molecule has 0 saturated heterocycles. The van der Waals surface area contributed by atoms with Gasteiger partial charge in [0, 0.05) is 19.3 Å². The van der Waals surface area contributed by atoms with Crippen molar-refractivity contribution < 1.29 is 0 Å². The van der Waals surface area contributed by atoms with Gasteiger partial charge in [0.15, 0.2) is 0 Å². The van der Waals surface area contributed by atoms with Crippen LogP contribution < -0.4 is 5.32 Å². The topological polar surface area (TPSA) is 31.4 Å². The zero-order valence-electron chi connectivity index (χ0n) is 14.2. The van der Waals surface area contributed by atoms with Gasteiger partial charge in [-0.05, 0) is 57.8 Å². The van der Waals surface area contributed by atoms with Crippen molar-refractivity contribution in [2.75, 3.05) is 39.8 Å². The van der Waals surface area contributed by atoms with Crippen LogP contribution in [0.15, 0.2) is 18.3 Å². The van der Waals surface area contributed by atoms with Crippen LogP contribution in [0, 0.1) is 0 Å². The third-order valence-electron chi connectivity index (χ3n) is 3.94. The van der Waals surface area contributed by atoms with Crippen LogP contribution in [0.1, 0.15) is 38.4 Å². The average Bonchev–Trinajstić information content (AvgIpc) is 2.52. The molecule has 1 N–H and O–H groups in total. The first kappa shape index (κ1) is 18.1. The molecule has 0 aromatic carbocycles. The van der Waals surface area contributed by atoms with E-state index in [0.29, 0.717) is 0 Å². The highest BCUT2D eigenvalue weighted by Gasteiger charge is 2.06. The van der Waals surface area contributed by atoms with E-state index < -0.39 is 0 Å². The van der Waals surface area contributed by atoms with E-state index in [2.05, 4.69) is 53.0 Å². The normalized spacial score (nSPS) is 11.5. The van der Waals surface area contributed by atoms with Crippen LogP contribution in [-0.2, 0) is 13.1 Å². The molecule has 0 atom stereocenters. The Morgan fingerprint density at radius 1 is 1.00 bits per heavy atom. The Labute approximate surface area is 130 Å². The maximum Gasteiger partial charge on any atom is 0.0544 e. The molecule has 1 heterocycles. The van der Waals surface area contributed by atoms with Crippen LogP contribution in [0.2, 0.25) is 0 Å². The summed E-state index contributed by atoms with van der Waals surface area (Å²) >= 11 is 0. The van der Waals surface area contributed by atoms with Crippen molar-refractivity contribution in [3.05, 3.63) is 29.6 Å². The molecule has 4 nitrogen and oxygen atoms in total. The van der Waals surface area contributed by atoms with E-state index in [1.54, 1.807) is 0 Å². The molecule has 0 saturated carbocycles. The molecule has 120 valence electrons. The van der Waals surface area contributed by atoms with Gasteiger partial charge in [0.05, 0.1) is 5.69 Å². The second-order valence-corrected chi connectivity index (χ2v) is 5.44. The van der Waals surface area contributed by atoms with E-state index in [0.717, 1.165) is 39.3 Å². The zero-order valence-corrected chi connectivity index (χ0v) is 14.2. The minimum atomic E-state index is 0.884. The largest absolute Gasteiger partial charge is 0.316 e. The van der Waals surface area contributed by atoms with E-state index in [1.807, 2.05) is 13.2 Å². The molecular formula is C17H32N4. The van der Waals surface area contributed by atoms with E-state index >= 15 is 0 Å². The van der Waals surface area contributed by atoms with Crippen LogP contribution in [0.25, 0.3) is 0 Å². The van der Waals surface area contributed by atoms with Crippen LogP contribution >= 0.6 is 0 Å². The summed E-state index contributed by atoms with van der Waals surface area (Å²) in [6.07, 6.45) is 3.21. The first-order chi connectivity index (χ1) is 10.2. The highest BCUT2D eigenvalue weighted by Crippen LogP contribution is 2.05. The van der Waals surface area contributed by atoms with Crippen molar-refractivity contribution in [1.29, 1.82) is 0 Å². The molecular weight excluding hydrogens is 260 g/mol. The maximum atomic E-state index is 4.57. The van der Waals surface area contributed by atoms with Gasteiger partial charge in [0.2, 0.25) is 0 Å². The first-order valence-electron chi connectivity index (χ1n) is 8.26. The maximum absolute atomic E-state index is 4.57. The highest BCUT2D eigenvalue weighted by molar-refractivity contribution is 5.13. The lowest BCUT2D eigenvalue weighted by Crippen LogP contribution is -2.30. The summed E-state index contributed by atoms with van der Waals surface area (Å²) in [6, 6.07) is 4.32. The van der Waals surface area contributed by atoms with Gasteiger partial charge >= 0.3 is 0 Å². The standard InChI is InChI=1S/C17H32N4/c1-5-20(6-2)11-8-12-21(7-3)15-17-10-9-16(13-18-4)14-19-17/h9-10,14,18H,5-8,11-13,15H2,1-4H3. The lowest BCUT2D eigenvalue weighted by molar-refractivity contribution is 0.237. The van der Waals surface area contributed by atoms with E-state index in [9.17, 15) is 0 Å².